The SMILES string of the molecule is O=C(c1cc2ccccc2[nH]1)N1CCC[C@H]2CCCC[C@H]21. The summed E-state index contributed by atoms with van der Waals surface area (Å²) in [6.07, 6.45) is 7.58. The third-order valence-corrected chi connectivity index (χ3v) is 5.26. The number of rotatable bonds is 1. The molecule has 2 aromatic rings. The van der Waals surface area contributed by atoms with E-state index in [2.05, 4.69) is 16.0 Å². The Morgan fingerprint density at radius 3 is 2.81 bits per heavy atom. The molecule has 0 radical (unpaired) electrons. The molecule has 1 saturated heterocycles. The Morgan fingerprint density at radius 1 is 1.10 bits per heavy atom. The Kier molecular flexibility index (Phi) is 3.21. The fourth-order valence-electron chi connectivity index (χ4n) is 4.22. The number of piperidine rings is 1. The van der Waals surface area contributed by atoms with E-state index in [4.69, 9.17) is 0 Å². The first kappa shape index (κ1) is 12.9. The van der Waals surface area contributed by atoms with E-state index in [0.717, 1.165) is 35.5 Å². The van der Waals surface area contributed by atoms with Gasteiger partial charge in [0, 0.05) is 23.5 Å². The second-order valence-electron chi connectivity index (χ2n) is 6.52. The Labute approximate surface area is 125 Å². The van der Waals surface area contributed by atoms with E-state index < -0.39 is 0 Å². The van der Waals surface area contributed by atoms with Crippen LogP contribution in [0.3, 0.4) is 0 Å². The van der Waals surface area contributed by atoms with Crippen molar-refractivity contribution in [2.75, 3.05) is 6.54 Å². The number of nitrogens with zero attached hydrogens (tertiary/aromatic N) is 1. The number of amides is 1. The van der Waals surface area contributed by atoms with Gasteiger partial charge in [0.1, 0.15) is 5.69 Å². The van der Waals surface area contributed by atoms with Crippen LogP contribution in [0.25, 0.3) is 10.9 Å². The molecule has 110 valence electrons. The van der Waals surface area contributed by atoms with Crippen LogP contribution >= 0.6 is 0 Å². The van der Waals surface area contributed by atoms with Crippen molar-refractivity contribution >= 4 is 16.8 Å². The lowest BCUT2D eigenvalue weighted by molar-refractivity contribution is 0.0386. The van der Waals surface area contributed by atoms with Crippen molar-refractivity contribution < 1.29 is 4.79 Å². The smallest absolute Gasteiger partial charge is 0.270 e. The number of hydrogen-bond donors (Lipinski definition) is 1. The highest BCUT2D eigenvalue weighted by Crippen LogP contribution is 2.36. The Balaban J connectivity index is 1.63. The van der Waals surface area contributed by atoms with E-state index >= 15 is 0 Å². The maximum Gasteiger partial charge on any atom is 0.270 e. The van der Waals surface area contributed by atoms with Crippen molar-refractivity contribution in [3.63, 3.8) is 0 Å². The highest BCUT2D eigenvalue weighted by molar-refractivity contribution is 5.98. The van der Waals surface area contributed by atoms with Gasteiger partial charge >= 0.3 is 0 Å². The minimum absolute atomic E-state index is 0.197. The zero-order valence-electron chi connectivity index (χ0n) is 12.3. The van der Waals surface area contributed by atoms with Crippen molar-refractivity contribution in [1.82, 2.24) is 9.88 Å². The Morgan fingerprint density at radius 2 is 1.90 bits per heavy atom. The number of aromatic amines is 1. The summed E-state index contributed by atoms with van der Waals surface area (Å²) < 4.78 is 0. The van der Waals surface area contributed by atoms with Gasteiger partial charge in [-0.05, 0) is 43.7 Å². The maximum atomic E-state index is 12.9. The highest BCUT2D eigenvalue weighted by Gasteiger charge is 2.36. The Bertz CT molecular complexity index is 625. The van der Waals surface area contributed by atoms with E-state index in [-0.39, 0.29) is 5.91 Å². The zero-order valence-corrected chi connectivity index (χ0v) is 12.3. The van der Waals surface area contributed by atoms with E-state index in [1.54, 1.807) is 0 Å². The molecule has 1 aromatic carbocycles. The van der Waals surface area contributed by atoms with Gasteiger partial charge in [-0.1, -0.05) is 31.0 Å². The maximum absolute atomic E-state index is 12.9. The topological polar surface area (TPSA) is 36.1 Å². The average Bonchev–Trinajstić information content (AvgIpc) is 2.97. The van der Waals surface area contributed by atoms with Gasteiger partial charge in [0.2, 0.25) is 0 Å². The molecule has 4 rings (SSSR count). The van der Waals surface area contributed by atoms with Gasteiger partial charge in [0.15, 0.2) is 0 Å². The number of likely N-dealkylation sites (tertiary alicyclic amines) is 1. The molecule has 2 heterocycles. The van der Waals surface area contributed by atoms with Gasteiger partial charge < -0.3 is 9.88 Å². The van der Waals surface area contributed by atoms with Crippen LogP contribution in [0, 0.1) is 5.92 Å². The molecular weight excluding hydrogens is 260 g/mol. The molecule has 1 aliphatic heterocycles. The minimum atomic E-state index is 0.197. The first-order valence-corrected chi connectivity index (χ1v) is 8.21. The third kappa shape index (κ3) is 2.25. The van der Waals surface area contributed by atoms with Crippen LogP contribution in [0.4, 0.5) is 0 Å². The molecule has 0 unspecified atom stereocenters. The fraction of sp³-hybridized carbons (Fsp3) is 0.500. The summed E-state index contributed by atoms with van der Waals surface area (Å²) in [5, 5.41) is 1.12. The van der Waals surface area contributed by atoms with Crippen molar-refractivity contribution in [3.05, 3.63) is 36.0 Å². The van der Waals surface area contributed by atoms with Crippen LogP contribution in [0.5, 0.6) is 0 Å². The van der Waals surface area contributed by atoms with Gasteiger partial charge in [0.05, 0.1) is 0 Å². The summed E-state index contributed by atoms with van der Waals surface area (Å²) in [5.41, 5.74) is 1.81. The summed E-state index contributed by atoms with van der Waals surface area (Å²) in [4.78, 5) is 18.4. The van der Waals surface area contributed by atoms with E-state index in [1.807, 2.05) is 24.3 Å². The molecule has 1 aromatic heterocycles. The standard InChI is InChI=1S/C18H22N2O/c21-18(16-12-14-7-1-3-9-15(14)19-16)20-11-5-8-13-6-2-4-10-17(13)20/h1,3,7,9,12-13,17,19H,2,4-6,8,10-11H2/t13-,17-/m1/s1. The van der Waals surface area contributed by atoms with Crippen molar-refractivity contribution in [2.24, 2.45) is 5.92 Å². The Hall–Kier alpha value is -1.77. The number of carbonyl (C=O) groups excluding carboxylic acids is 1. The molecule has 21 heavy (non-hydrogen) atoms. The molecular formula is C18H22N2O. The van der Waals surface area contributed by atoms with Crippen LogP contribution < -0.4 is 0 Å². The van der Waals surface area contributed by atoms with Crippen LogP contribution in [-0.2, 0) is 0 Å². The van der Waals surface area contributed by atoms with Gasteiger partial charge in [-0.3, -0.25) is 4.79 Å². The minimum Gasteiger partial charge on any atom is -0.351 e. The summed E-state index contributed by atoms with van der Waals surface area (Å²) in [6.45, 7) is 0.926. The predicted octanol–water partition coefficient (Wildman–Crippen LogP) is 3.96. The summed E-state index contributed by atoms with van der Waals surface area (Å²) in [5.74, 6) is 0.934. The third-order valence-electron chi connectivity index (χ3n) is 5.26. The number of carbonyl (C=O) groups is 1. The lowest BCUT2D eigenvalue weighted by atomic mass is 9.78. The highest BCUT2D eigenvalue weighted by atomic mass is 16.2. The van der Waals surface area contributed by atoms with Crippen molar-refractivity contribution in [3.8, 4) is 0 Å². The molecule has 0 bridgehead atoms. The molecule has 1 amide bonds. The summed E-state index contributed by atoms with van der Waals surface area (Å²) in [6, 6.07) is 10.6. The largest absolute Gasteiger partial charge is 0.351 e. The zero-order chi connectivity index (χ0) is 14.2. The molecule has 0 spiro atoms. The summed E-state index contributed by atoms with van der Waals surface area (Å²) >= 11 is 0. The molecule has 1 N–H and O–H groups in total. The molecule has 2 aliphatic rings. The monoisotopic (exact) mass is 282 g/mol. The normalized spacial score (nSPS) is 25.8. The van der Waals surface area contributed by atoms with Crippen LogP contribution in [0.2, 0.25) is 0 Å². The quantitative estimate of drug-likeness (QED) is 0.844. The van der Waals surface area contributed by atoms with Crippen LogP contribution in [0.1, 0.15) is 49.0 Å². The predicted molar refractivity (Wildman–Crippen MR) is 84.3 cm³/mol. The number of H-pyrrole nitrogens is 1. The second-order valence-corrected chi connectivity index (χ2v) is 6.52. The second kappa shape index (κ2) is 5.21. The molecule has 1 saturated carbocycles. The molecule has 3 heteroatoms. The van der Waals surface area contributed by atoms with Gasteiger partial charge in [-0.2, -0.15) is 0 Å². The number of fused-ring (bicyclic) bond motifs is 2. The van der Waals surface area contributed by atoms with Crippen LogP contribution in [-0.4, -0.2) is 28.4 Å². The van der Waals surface area contributed by atoms with Crippen molar-refractivity contribution in [1.29, 1.82) is 0 Å². The number of nitrogens with one attached hydrogen (secondary N) is 1. The van der Waals surface area contributed by atoms with Crippen molar-refractivity contribution in [2.45, 2.75) is 44.6 Å². The molecule has 2 fully saturated rings. The van der Waals surface area contributed by atoms with Gasteiger partial charge in [-0.15, -0.1) is 0 Å². The van der Waals surface area contributed by atoms with E-state index in [1.165, 1.54) is 32.1 Å². The number of hydrogen-bond acceptors (Lipinski definition) is 1. The lowest BCUT2D eigenvalue weighted by Gasteiger charge is -2.44. The van der Waals surface area contributed by atoms with Gasteiger partial charge in [-0.25, -0.2) is 0 Å². The first-order valence-electron chi connectivity index (χ1n) is 8.21. The van der Waals surface area contributed by atoms with E-state index in [9.17, 15) is 4.79 Å². The number of aromatic nitrogens is 1. The van der Waals surface area contributed by atoms with Gasteiger partial charge in [0.25, 0.3) is 5.91 Å². The fourth-order valence-corrected chi connectivity index (χ4v) is 4.22. The average molecular weight is 282 g/mol. The molecule has 1 aliphatic carbocycles. The summed E-state index contributed by atoms with van der Waals surface area (Å²) in [7, 11) is 0. The lowest BCUT2D eigenvalue weighted by Crippen LogP contribution is -2.49. The molecule has 2 atom stereocenters. The van der Waals surface area contributed by atoms with Crippen LogP contribution in [0.15, 0.2) is 30.3 Å². The first-order chi connectivity index (χ1) is 10.3. The molecule has 3 nitrogen and oxygen atoms in total. The number of benzene rings is 1. The van der Waals surface area contributed by atoms with E-state index in [0.29, 0.717) is 6.04 Å². The number of para-hydroxylation sites is 1.